The highest BCUT2D eigenvalue weighted by molar-refractivity contribution is 6.29. The molecule has 2 atom stereocenters. The molecular weight excluding hydrogens is 532 g/mol. The summed E-state index contributed by atoms with van der Waals surface area (Å²) in [6, 6.07) is 21.8. The third kappa shape index (κ3) is 10.3. The summed E-state index contributed by atoms with van der Waals surface area (Å²) in [5.41, 5.74) is 3.17. The molecule has 0 aliphatic carbocycles. The lowest BCUT2D eigenvalue weighted by molar-refractivity contribution is -0.147. The van der Waals surface area contributed by atoms with E-state index in [1.165, 1.54) is 0 Å². The van der Waals surface area contributed by atoms with Crippen molar-refractivity contribution in [3.05, 3.63) is 83.9 Å². The summed E-state index contributed by atoms with van der Waals surface area (Å²) >= 11 is 5.75. The molecule has 7 nitrogen and oxygen atoms in total. The SMILES string of the molecule is CCCCOCCOCCOc1ccc(-c2ccc(C(=O)Oc3ccc(C(C)OC(=O)[C@@H](C)Cl)cc3)cc2)cc1. The summed E-state index contributed by atoms with van der Waals surface area (Å²) in [5, 5.41) is -0.719. The average molecular weight is 569 g/mol. The number of hydrogen-bond acceptors (Lipinski definition) is 7. The lowest BCUT2D eigenvalue weighted by Gasteiger charge is -2.15. The van der Waals surface area contributed by atoms with Gasteiger partial charge in [-0.3, -0.25) is 4.79 Å². The zero-order chi connectivity index (χ0) is 28.7. The van der Waals surface area contributed by atoms with E-state index < -0.39 is 23.4 Å². The summed E-state index contributed by atoms with van der Waals surface area (Å²) in [5.74, 6) is 0.202. The molecule has 40 heavy (non-hydrogen) atoms. The van der Waals surface area contributed by atoms with Crippen molar-refractivity contribution in [3.8, 4) is 22.6 Å². The van der Waals surface area contributed by atoms with Crippen LogP contribution in [0, 0.1) is 0 Å². The van der Waals surface area contributed by atoms with E-state index in [9.17, 15) is 9.59 Å². The molecule has 0 aromatic heterocycles. The van der Waals surface area contributed by atoms with Gasteiger partial charge in [-0.15, -0.1) is 11.6 Å². The Morgan fingerprint density at radius 3 is 1.88 bits per heavy atom. The number of esters is 2. The van der Waals surface area contributed by atoms with Crippen LogP contribution in [-0.2, 0) is 19.0 Å². The fourth-order valence-electron chi connectivity index (χ4n) is 3.64. The molecule has 3 rings (SSSR count). The van der Waals surface area contributed by atoms with Crippen LogP contribution in [0.1, 0.15) is 55.6 Å². The minimum absolute atomic E-state index is 0.392. The Balaban J connectivity index is 1.44. The minimum atomic E-state index is -0.719. The van der Waals surface area contributed by atoms with Crippen molar-refractivity contribution in [2.75, 3.05) is 33.0 Å². The fraction of sp³-hybridized carbons (Fsp3) is 0.375. The highest BCUT2D eigenvalue weighted by atomic mass is 35.5. The molecular formula is C32H37ClO7. The first-order valence-corrected chi connectivity index (χ1v) is 14.0. The summed E-state index contributed by atoms with van der Waals surface area (Å²) in [4.78, 5) is 24.3. The predicted octanol–water partition coefficient (Wildman–Crippen LogP) is 7.02. The van der Waals surface area contributed by atoms with Crippen molar-refractivity contribution in [1.82, 2.24) is 0 Å². The molecule has 0 fully saturated rings. The van der Waals surface area contributed by atoms with Crippen LogP contribution in [0.3, 0.4) is 0 Å². The van der Waals surface area contributed by atoms with Crippen LogP contribution >= 0.6 is 11.6 Å². The van der Waals surface area contributed by atoms with E-state index in [1.54, 1.807) is 50.2 Å². The normalized spacial score (nSPS) is 12.4. The minimum Gasteiger partial charge on any atom is -0.491 e. The molecule has 0 bridgehead atoms. The van der Waals surface area contributed by atoms with Crippen LogP contribution in [0.2, 0.25) is 0 Å². The number of rotatable bonds is 16. The first-order chi connectivity index (χ1) is 19.4. The van der Waals surface area contributed by atoms with Gasteiger partial charge in [0.15, 0.2) is 0 Å². The Kier molecular flexibility index (Phi) is 13.0. The van der Waals surface area contributed by atoms with Crippen molar-refractivity contribution in [3.63, 3.8) is 0 Å². The van der Waals surface area contributed by atoms with E-state index >= 15 is 0 Å². The molecule has 0 aliphatic rings. The molecule has 0 aliphatic heterocycles. The predicted molar refractivity (Wildman–Crippen MR) is 155 cm³/mol. The third-order valence-electron chi connectivity index (χ3n) is 6.00. The number of unbranched alkanes of at least 4 members (excludes halogenated alkanes) is 1. The second kappa shape index (κ2) is 16.7. The van der Waals surface area contributed by atoms with Crippen molar-refractivity contribution in [1.29, 1.82) is 0 Å². The maximum Gasteiger partial charge on any atom is 0.343 e. The number of hydrogen-bond donors (Lipinski definition) is 0. The highest BCUT2D eigenvalue weighted by Gasteiger charge is 2.16. The Labute approximate surface area is 241 Å². The summed E-state index contributed by atoms with van der Waals surface area (Å²) in [6.45, 7) is 8.36. The first-order valence-electron chi connectivity index (χ1n) is 13.5. The summed E-state index contributed by atoms with van der Waals surface area (Å²) in [7, 11) is 0. The first kappa shape index (κ1) is 31.1. The molecule has 0 saturated heterocycles. The standard InChI is InChI=1S/C32H37ClO7/c1-4-5-18-36-19-20-37-21-22-38-29-14-12-27(13-15-29)26-6-8-28(9-7-26)32(35)40-30-16-10-25(11-17-30)24(3)39-31(34)23(2)33/h6-17,23-24H,4-5,18-22H2,1-3H3/t23-,24?/m1/s1. The van der Waals surface area contributed by atoms with Crippen molar-refractivity contribution < 1.29 is 33.3 Å². The van der Waals surface area contributed by atoms with Gasteiger partial charge < -0.3 is 23.7 Å². The maximum atomic E-state index is 12.6. The summed E-state index contributed by atoms with van der Waals surface area (Å²) in [6.07, 6.45) is 1.73. The number of halogens is 1. The molecule has 0 amide bonds. The number of benzene rings is 3. The lowest BCUT2D eigenvalue weighted by Crippen LogP contribution is -2.16. The van der Waals surface area contributed by atoms with Crippen molar-refractivity contribution in [2.24, 2.45) is 0 Å². The second-order valence-electron chi connectivity index (χ2n) is 9.18. The number of ether oxygens (including phenoxy) is 5. The molecule has 8 heteroatoms. The molecule has 0 heterocycles. The largest absolute Gasteiger partial charge is 0.491 e. The number of carbonyl (C=O) groups excluding carboxylic acids is 2. The maximum absolute atomic E-state index is 12.6. The van der Waals surface area contributed by atoms with Crippen molar-refractivity contribution in [2.45, 2.75) is 45.1 Å². The molecule has 3 aromatic carbocycles. The monoisotopic (exact) mass is 568 g/mol. The van der Waals surface area contributed by atoms with Gasteiger partial charge in [-0.05, 0) is 73.4 Å². The Morgan fingerprint density at radius 2 is 1.27 bits per heavy atom. The van der Waals surface area contributed by atoms with Crippen LogP contribution in [0.15, 0.2) is 72.8 Å². The van der Waals surface area contributed by atoms with Crippen LogP contribution in [0.4, 0.5) is 0 Å². The van der Waals surface area contributed by atoms with Gasteiger partial charge in [0.1, 0.15) is 29.6 Å². The Morgan fingerprint density at radius 1 is 0.725 bits per heavy atom. The molecule has 0 N–H and O–H groups in total. The lowest BCUT2D eigenvalue weighted by atomic mass is 10.0. The zero-order valence-electron chi connectivity index (χ0n) is 23.3. The van der Waals surface area contributed by atoms with Crippen molar-refractivity contribution >= 4 is 23.5 Å². The molecule has 1 unspecified atom stereocenters. The van der Waals surface area contributed by atoms with Gasteiger partial charge in [-0.2, -0.15) is 0 Å². The van der Waals surface area contributed by atoms with E-state index in [2.05, 4.69) is 6.92 Å². The smallest absolute Gasteiger partial charge is 0.343 e. The molecule has 0 saturated carbocycles. The summed E-state index contributed by atoms with van der Waals surface area (Å²) < 4.78 is 27.5. The van der Waals surface area contributed by atoms with Gasteiger partial charge in [0, 0.05) is 6.61 Å². The van der Waals surface area contributed by atoms with Crippen LogP contribution < -0.4 is 9.47 Å². The van der Waals surface area contributed by atoms with Gasteiger partial charge in [-0.1, -0.05) is 49.7 Å². The Bertz CT molecular complexity index is 1180. The number of alkyl halides is 1. The van der Waals surface area contributed by atoms with Gasteiger partial charge >= 0.3 is 11.9 Å². The molecule has 0 radical (unpaired) electrons. The average Bonchev–Trinajstić information content (AvgIpc) is 2.97. The second-order valence-corrected chi connectivity index (χ2v) is 9.84. The Hall–Kier alpha value is -3.39. The van der Waals surface area contributed by atoms with Gasteiger partial charge in [0.2, 0.25) is 0 Å². The molecule has 0 spiro atoms. The number of carbonyl (C=O) groups is 2. The molecule has 214 valence electrons. The van der Waals surface area contributed by atoms with Gasteiger partial charge in [-0.25, -0.2) is 4.79 Å². The molecule has 3 aromatic rings. The quantitative estimate of drug-likeness (QED) is 0.0795. The highest BCUT2D eigenvalue weighted by Crippen LogP contribution is 2.25. The van der Waals surface area contributed by atoms with Gasteiger partial charge in [0.05, 0.1) is 25.4 Å². The zero-order valence-corrected chi connectivity index (χ0v) is 24.0. The van der Waals surface area contributed by atoms with Crippen LogP contribution in [0.5, 0.6) is 11.5 Å². The van der Waals surface area contributed by atoms with E-state index in [-0.39, 0.29) is 0 Å². The fourth-order valence-corrected chi connectivity index (χ4v) is 3.69. The van der Waals surface area contributed by atoms with Crippen LogP contribution in [0.25, 0.3) is 11.1 Å². The third-order valence-corrected chi connectivity index (χ3v) is 6.17. The van der Waals surface area contributed by atoms with E-state index in [4.69, 9.17) is 35.3 Å². The van der Waals surface area contributed by atoms with E-state index in [0.29, 0.717) is 37.7 Å². The van der Waals surface area contributed by atoms with Gasteiger partial charge in [0.25, 0.3) is 0 Å². The van der Waals surface area contributed by atoms with Crippen LogP contribution in [-0.4, -0.2) is 50.4 Å². The topological polar surface area (TPSA) is 80.3 Å². The van der Waals surface area contributed by atoms with E-state index in [0.717, 1.165) is 41.9 Å². The van der Waals surface area contributed by atoms with E-state index in [1.807, 2.05) is 36.4 Å².